The fraction of sp³-hybridized carbons (Fsp3) is 0.263. The average molecular weight is 328 g/mol. The predicted octanol–water partition coefficient (Wildman–Crippen LogP) is 3.05. The van der Waals surface area contributed by atoms with Crippen LogP contribution in [-0.2, 0) is 4.79 Å². The molecule has 0 aromatic heterocycles. The van der Waals surface area contributed by atoms with E-state index in [-0.39, 0.29) is 30.2 Å². The Hall–Kier alpha value is -2.69. The molecule has 0 saturated carbocycles. The molecule has 0 heterocycles. The molecule has 0 aliphatic heterocycles. The van der Waals surface area contributed by atoms with Crippen LogP contribution in [0, 0.1) is 19.7 Å². The first-order chi connectivity index (χ1) is 11.3. The number of hydrogen-bond donors (Lipinski definition) is 2. The van der Waals surface area contributed by atoms with Crippen LogP contribution in [0.4, 0.5) is 4.39 Å². The number of amides is 2. The van der Waals surface area contributed by atoms with Gasteiger partial charge in [-0.2, -0.15) is 0 Å². The number of benzene rings is 2. The maximum atomic E-state index is 13.2. The van der Waals surface area contributed by atoms with Gasteiger partial charge in [0, 0.05) is 5.56 Å². The molecule has 0 aliphatic rings. The number of aryl methyl sites for hydroxylation is 2. The van der Waals surface area contributed by atoms with E-state index in [0.29, 0.717) is 11.1 Å². The summed E-state index contributed by atoms with van der Waals surface area (Å²) in [7, 11) is 0. The fourth-order valence-corrected chi connectivity index (χ4v) is 2.52. The van der Waals surface area contributed by atoms with Gasteiger partial charge in [0.25, 0.3) is 5.91 Å². The molecule has 2 aromatic rings. The van der Waals surface area contributed by atoms with E-state index in [0.717, 1.165) is 11.1 Å². The summed E-state index contributed by atoms with van der Waals surface area (Å²) in [5.74, 6) is -0.975. The maximum Gasteiger partial charge on any atom is 0.251 e. The Morgan fingerprint density at radius 2 is 1.75 bits per heavy atom. The normalized spacial score (nSPS) is 11.7. The Kier molecular flexibility index (Phi) is 5.68. The molecule has 0 fully saturated rings. The van der Waals surface area contributed by atoms with E-state index in [1.54, 1.807) is 31.2 Å². The number of halogens is 1. The smallest absolute Gasteiger partial charge is 0.251 e. The van der Waals surface area contributed by atoms with Crippen LogP contribution in [0.1, 0.15) is 40.0 Å². The van der Waals surface area contributed by atoms with Gasteiger partial charge in [0.1, 0.15) is 5.82 Å². The summed E-state index contributed by atoms with van der Waals surface area (Å²) in [6, 6.07) is 11.2. The molecule has 126 valence electrons. The molecule has 4 nitrogen and oxygen atoms in total. The lowest BCUT2D eigenvalue weighted by atomic mass is 10.1. The van der Waals surface area contributed by atoms with E-state index in [1.165, 1.54) is 12.1 Å². The zero-order chi connectivity index (χ0) is 17.7. The van der Waals surface area contributed by atoms with Gasteiger partial charge in [0.15, 0.2) is 0 Å². The molecule has 0 aliphatic carbocycles. The van der Waals surface area contributed by atoms with E-state index >= 15 is 0 Å². The third kappa shape index (κ3) is 4.91. The molecule has 0 radical (unpaired) electrons. The second-order valence-corrected chi connectivity index (χ2v) is 5.90. The van der Waals surface area contributed by atoms with E-state index in [4.69, 9.17) is 0 Å². The summed E-state index contributed by atoms with van der Waals surface area (Å²) in [5, 5.41) is 5.33. The van der Waals surface area contributed by atoms with Crippen molar-refractivity contribution in [3.05, 3.63) is 70.5 Å². The summed E-state index contributed by atoms with van der Waals surface area (Å²) in [4.78, 5) is 24.1. The summed E-state index contributed by atoms with van der Waals surface area (Å²) in [6.07, 6.45) is 0. The van der Waals surface area contributed by atoms with Crippen molar-refractivity contribution >= 4 is 11.8 Å². The zero-order valence-corrected chi connectivity index (χ0v) is 14.0. The largest absolute Gasteiger partial charge is 0.348 e. The molecule has 24 heavy (non-hydrogen) atoms. The van der Waals surface area contributed by atoms with Crippen molar-refractivity contribution in [3.63, 3.8) is 0 Å². The molecule has 2 N–H and O–H groups in total. The van der Waals surface area contributed by atoms with Gasteiger partial charge in [-0.05, 0) is 50.6 Å². The van der Waals surface area contributed by atoms with Crippen LogP contribution in [0.25, 0.3) is 0 Å². The monoisotopic (exact) mass is 328 g/mol. The third-order valence-corrected chi connectivity index (χ3v) is 3.62. The first kappa shape index (κ1) is 17.7. The summed E-state index contributed by atoms with van der Waals surface area (Å²) in [5.41, 5.74) is 3.18. The summed E-state index contributed by atoms with van der Waals surface area (Å²) in [6.45, 7) is 5.46. The molecule has 0 spiro atoms. The van der Waals surface area contributed by atoms with Crippen LogP contribution >= 0.6 is 0 Å². The number of rotatable bonds is 5. The summed E-state index contributed by atoms with van der Waals surface area (Å²) >= 11 is 0. The first-order valence-corrected chi connectivity index (χ1v) is 7.76. The van der Waals surface area contributed by atoms with Crippen molar-refractivity contribution in [2.24, 2.45) is 0 Å². The highest BCUT2D eigenvalue weighted by molar-refractivity contribution is 5.96. The second kappa shape index (κ2) is 7.73. The number of nitrogens with one attached hydrogen (secondary N) is 2. The minimum atomic E-state index is -0.350. The predicted molar refractivity (Wildman–Crippen MR) is 91.2 cm³/mol. The van der Waals surface area contributed by atoms with Gasteiger partial charge in [0.05, 0.1) is 12.6 Å². The standard InChI is InChI=1S/C19H21FN2O2/c1-12-7-13(2)9-16(8-12)19(24)21-11-18(23)22-14(3)15-5-4-6-17(20)10-15/h4-10,14H,11H2,1-3H3,(H,21,24)(H,22,23). The van der Waals surface area contributed by atoms with Crippen molar-refractivity contribution in [3.8, 4) is 0 Å². The fourth-order valence-electron chi connectivity index (χ4n) is 2.52. The van der Waals surface area contributed by atoms with Gasteiger partial charge >= 0.3 is 0 Å². The van der Waals surface area contributed by atoms with Gasteiger partial charge in [0.2, 0.25) is 5.91 Å². The Balaban J connectivity index is 1.89. The summed E-state index contributed by atoms with van der Waals surface area (Å²) < 4.78 is 13.2. The van der Waals surface area contributed by atoms with Gasteiger partial charge in [-0.15, -0.1) is 0 Å². The lowest BCUT2D eigenvalue weighted by molar-refractivity contribution is -0.120. The van der Waals surface area contributed by atoms with Gasteiger partial charge in [-0.3, -0.25) is 9.59 Å². The highest BCUT2D eigenvalue weighted by Crippen LogP contribution is 2.13. The highest BCUT2D eigenvalue weighted by atomic mass is 19.1. The molecule has 2 amide bonds. The molecular formula is C19H21FN2O2. The van der Waals surface area contributed by atoms with Crippen molar-refractivity contribution in [2.45, 2.75) is 26.8 Å². The van der Waals surface area contributed by atoms with Gasteiger partial charge in [-0.25, -0.2) is 4.39 Å². The van der Waals surface area contributed by atoms with Crippen LogP contribution in [0.3, 0.4) is 0 Å². The average Bonchev–Trinajstić information content (AvgIpc) is 2.51. The van der Waals surface area contributed by atoms with Crippen LogP contribution in [0.2, 0.25) is 0 Å². The molecule has 1 atom stereocenters. The first-order valence-electron chi connectivity index (χ1n) is 7.76. The van der Waals surface area contributed by atoms with E-state index in [9.17, 15) is 14.0 Å². The van der Waals surface area contributed by atoms with Crippen molar-refractivity contribution < 1.29 is 14.0 Å². The highest BCUT2D eigenvalue weighted by Gasteiger charge is 2.12. The molecule has 0 saturated heterocycles. The van der Waals surface area contributed by atoms with Crippen molar-refractivity contribution in [2.75, 3.05) is 6.54 Å². The van der Waals surface area contributed by atoms with E-state index in [1.807, 2.05) is 19.9 Å². The molecule has 5 heteroatoms. The Labute approximate surface area is 141 Å². The van der Waals surface area contributed by atoms with Crippen LogP contribution in [0.15, 0.2) is 42.5 Å². The molecule has 2 rings (SSSR count). The Morgan fingerprint density at radius 1 is 1.08 bits per heavy atom. The van der Waals surface area contributed by atoms with Crippen LogP contribution < -0.4 is 10.6 Å². The molecule has 0 bridgehead atoms. The lowest BCUT2D eigenvalue weighted by Crippen LogP contribution is -2.38. The van der Waals surface area contributed by atoms with E-state index < -0.39 is 0 Å². The molecular weight excluding hydrogens is 307 g/mol. The van der Waals surface area contributed by atoms with E-state index in [2.05, 4.69) is 10.6 Å². The number of carbonyl (C=O) groups is 2. The van der Waals surface area contributed by atoms with Crippen molar-refractivity contribution in [1.82, 2.24) is 10.6 Å². The van der Waals surface area contributed by atoms with Gasteiger partial charge in [-0.1, -0.05) is 29.3 Å². The van der Waals surface area contributed by atoms with Gasteiger partial charge < -0.3 is 10.6 Å². The number of hydrogen-bond acceptors (Lipinski definition) is 2. The quantitative estimate of drug-likeness (QED) is 0.886. The maximum absolute atomic E-state index is 13.2. The van der Waals surface area contributed by atoms with Crippen LogP contribution in [0.5, 0.6) is 0 Å². The molecule has 1 unspecified atom stereocenters. The van der Waals surface area contributed by atoms with Crippen molar-refractivity contribution in [1.29, 1.82) is 0 Å². The van der Waals surface area contributed by atoms with Crippen LogP contribution in [-0.4, -0.2) is 18.4 Å². The Morgan fingerprint density at radius 3 is 2.38 bits per heavy atom. The molecule has 2 aromatic carbocycles. The second-order valence-electron chi connectivity index (χ2n) is 5.90. The lowest BCUT2D eigenvalue weighted by Gasteiger charge is -2.15. The topological polar surface area (TPSA) is 58.2 Å². The third-order valence-electron chi connectivity index (χ3n) is 3.62. The minimum Gasteiger partial charge on any atom is -0.348 e. The Bertz CT molecular complexity index is 739. The minimum absolute atomic E-state index is 0.133. The zero-order valence-electron chi connectivity index (χ0n) is 14.0. The number of carbonyl (C=O) groups excluding carboxylic acids is 2. The SMILES string of the molecule is Cc1cc(C)cc(C(=O)NCC(=O)NC(C)c2cccc(F)c2)c1.